The Balaban J connectivity index is 1.65. The maximum atomic E-state index is 13.5. The molecule has 4 aromatic rings. The van der Waals surface area contributed by atoms with E-state index in [0.717, 1.165) is 33.8 Å². The zero-order valence-corrected chi connectivity index (χ0v) is 18.8. The average Bonchev–Trinajstić information content (AvgIpc) is 3.41. The summed E-state index contributed by atoms with van der Waals surface area (Å²) in [6.45, 7) is 0. The summed E-state index contributed by atoms with van der Waals surface area (Å²) in [6.07, 6.45) is 3.82. The number of allylic oxidation sites excluding steroid dienone is 1. The minimum Gasteiger partial charge on any atom is -0.272 e. The molecular weight excluding hydrogens is 444 g/mol. The molecule has 0 saturated heterocycles. The molecule has 2 aromatic heterocycles. The number of fused-ring (bicyclic) bond motifs is 3. The molecule has 0 unspecified atom stereocenters. The number of thiazole rings is 1. The monoisotopic (exact) mass is 460 g/mol. The second-order valence-electron chi connectivity index (χ2n) is 7.68. The van der Waals surface area contributed by atoms with Crippen LogP contribution in [-0.2, 0) is 6.42 Å². The van der Waals surface area contributed by atoms with Crippen LogP contribution >= 0.6 is 34.3 Å². The molecule has 0 N–H and O–H groups in total. The van der Waals surface area contributed by atoms with Gasteiger partial charge in [-0.15, -0.1) is 11.3 Å². The van der Waals surface area contributed by atoms with Gasteiger partial charge in [0.15, 0.2) is 4.80 Å². The van der Waals surface area contributed by atoms with Gasteiger partial charge in [-0.1, -0.05) is 65.4 Å². The molecular formula is C25H17ClN2OS2. The number of benzene rings is 2. The third-order valence-electron chi connectivity index (χ3n) is 5.88. The normalized spacial score (nSPS) is 17.7. The molecule has 3 nitrogen and oxygen atoms in total. The molecule has 0 saturated carbocycles. The predicted octanol–water partition coefficient (Wildman–Crippen LogP) is 5.03. The van der Waals surface area contributed by atoms with Crippen molar-refractivity contribution in [2.45, 2.75) is 18.9 Å². The highest BCUT2D eigenvalue weighted by molar-refractivity contribution is 7.11. The van der Waals surface area contributed by atoms with Gasteiger partial charge >= 0.3 is 0 Å². The third kappa shape index (κ3) is 3.16. The second kappa shape index (κ2) is 7.45. The van der Waals surface area contributed by atoms with Gasteiger partial charge in [0.2, 0.25) is 0 Å². The SMILES string of the molecule is O=c1/c(=C\c2cccs2)sc2n1[C@H](c1ccc(Cl)cc1)C1=C(N=2)c2ccccc2CC1. The van der Waals surface area contributed by atoms with Crippen molar-refractivity contribution in [3.8, 4) is 0 Å². The van der Waals surface area contributed by atoms with E-state index >= 15 is 0 Å². The summed E-state index contributed by atoms with van der Waals surface area (Å²) in [6, 6.07) is 20.2. The number of aryl methyl sites for hydroxylation is 1. The van der Waals surface area contributed by atoms with Crippen LogP contribution in [0.5, 0.6) is 0 Å². The molecule has 0 amide bonds. The quantitative estimate of drug-likeness (QED) is 0.413. The summed E-state index contributed by atoms with van der Waals surface area (Å²) in [4.78, 5) is 20.4. The molecule has 6 heteroatoms. The molecule has 152 valence electrons. The molecule has 2 aromatic carbocycles. The number of rotatable bonds is 2. The van der Waals surface area contributed by atoms with Gasteiger partial charge in [0.25, 0.3) is 5.56 Å². The Hall–Kier alpha value is -2.73. The number of thiophene rings is 1. The van der Waals surface area contributed by atoms with E-state index in [9.17, 15) is 4.79 Å². The summed E-state index contributed by atoms with van der Waals surface area (Å²) in [7, 11) is 0. The first-order valence-corrected chi connectivity index (χ1v) is 12.2. The van der Waals surface area contributed by atoms with Crippen molar-refractivity contribution in [3.05, 3.63) is 118 Å². The van der Waals surface area contributed by atoms with Crippen LogP contribution in [0.3, 0.4) is 0 Å². The molecule has 0 fully saturated rings. The van der Waals surface area contributed by atoms with Gasteiger partial charge in [0.05, 0.1) is 16.3 Å². The Kier molecular flexibility index (Phi) is 4.56. The first-order valence-electron chi connectivity index (χ1n) is 10.1. The standard InChI is InChI=1S/C25H17ClN2OS2/c26-17-10-7-16(8-11-17)23-20-12-9-15-4-1-2-6-19(15)22(20)27-25-28(23)24(29)21(31-25)14-18-5-3-13-30-18/h1-8,10-11,13-14,23H,9,12H2/b21-14+/t23-/m1/s1. The van der Waals surface area contributed by atoms with E-state index in [-0.39, 0.29) is 11.6 Å². The van der Waals surface area contributed by atoms with Gasteiger partial charge in [-0.2, -0.15) is 0 Å². The van der Waals surface area contributed by atoms with Crippen LogP contribution < -0.4 is 14.9 Å². The van der Waals surface area contributed by atoms with Crippen LogP contribution in [-0.4, -0.2) is 4.57 Å². The molecule has 0 radical (unpaired) electrons. The van der Waals surface area contributed by atoms with E-state index in [1.165, 1.54) is 28.0 Å². The lowest BCUT2D eigenvalue weighted by atomic mass is 9.83. The fourth-order valence-electron chi connectivity index (χ4n) is 4.47. The van der Waals surface area contributed by atoms with Crippen molar-refractivity contribution in [1.29, 1.82) is 0 Å². The number of hydrogen-bond donors (Lipinski definition) is 0. The predicted molar refractivity (Wildman–Crippen MR) is 129 cm³/mol. The molecule has 6 rings (SSSR count). The highest BCUT2D eigenvalue weighted by atomic mass is 35.5. The molecule has 1 aliphatic carbocycles. The summed E-state index contributed by atoms with van der Waals surface area (Å²) in [5.41, 5.74) is 5.80. The minimum atomic E-state index is -0.164. The van der Waals surface area contributed by atoms with Crippen LogP contribution in [0.4, 0.5) is 0 Å². The van der Waals surface area contributed by atoms with Gasteiger partial charge in [0.1, 0.15) is 0 Å². The summed E-state index contributed by atoms with van der Waals surface area (Å²) >= 11 is 9.27. The van der Waals surface area contributed by atoms with E-state index in [2.05, 4.69) is 24.3 Å². The zero-order chi connectivity index (χ0) is 20.9. The van der Waals surface area contributed by atoms with Crippen molar-refractivity contribution in [2.24, 2.45) is 4.99 Å². The maximum absolute atomic E-state index is 13.5. The van der Waals surface area contributed by atoms with E-state index in [1.54, 1.807) is 11.3 Å². The van der Waals surface area contributed by atoms with Gasteiger partial charge in [0, 0.05) is 15.5 Å². The van der Waals surface area contributed by atoms with Crippen molar-refractivity contribution >= 4 is 46.0 Å². The molecule has 1 aliphatic heterocycles. The summed E-state index contributed by atoms with van der Waals surface area (Å²) < 4.78 is 2.59. The number of halogens is 1. The van der Waals surface area contributed by atoms with Crippen molar-refractivity contribution in [1.82, 2.24) is 4.57 Å². The third-order valence-corrected chi connectivity index (χ3v) is 7.93. The van der Waals surface area contributed by atoms with E-state index in [0.29, 0.717) is 9.55 Å². The number of aromatic nitrogens is 1. The summed E-state index contributed by atoms with van der Waals surface area (Å²) in [5, 5.41) is 2.71. The fourth-order valence-corrected chi connectivity index (χ4v) is 6.32. The molecule has 1 atom stereocenters. The second-order valence-corrected chi connectivity index (χ2v) is 10.1. The minimum absolute atomic E-state index is 0.0162. The van der Waals surface area contributed by atoms with Gasteiger partial charge < -0.3 is 0 Å². The highest BCUT2D eigenvalue weighted by Gasteiger charge is 2.32. The topological polar surface area (TPSA) is 34.4 Å². The molecule has 3 heterocycles. The van der Waals surface area contributed by atoms with Gasteiger partial charge in [-0.25, -0.2) is 4.99 Å². The number of nitrogens with zero attached hydrogens (tertiary/aromatic N) is 2. The van der Waals surface area contributed by atoms with E-state index in [4.69, 9.17) is 16.6 Å². The molecule has 31 heavy (non-hydrogen) atoms. The maximum Gasteiger partial charge on any atom is 0.271 e. The zero-order valence-electron chi connectivity index (χ0n) is 16.4. The van der Waals surface area contributed by atoms with E-state index < -0.39 is 0 Å². The van der Waals surface area contributed by atoms with Gasteiger partial charge in [-0.3, -0.25) is 9.36 Å². The van der Waals surface area contributed by atoms with Crippen LogP contribution in [0.15, 0.2) is 81.4 Å². The first-order chi connectivity index (χ1) is 15.2. The Morgan fingerprint density at radius 1 is 1.03 bits per heavy atom. The Labute approximate surface area is 191 Å². The van der Waals surface area contributed by atoms with Crippen molar-refractivity contribution in [3.63, 3.8) is 0 Å². The molecule has 0 bridgehead atoms. The lowest BCUT2D eigenvalue weighted by Crippen LogP contribution is -2.38. The molecule has 0 spiro atoms. The fraction of sp³-hybridized carbons (Fsp3) is 0.120. The van der Waals surface area contributed by atoms with Crippen molar-refractivity contribution in [2.75, 3.05) is 0 Å². The van der Waals surface area contributed by atoms with E-state index in [1.807, 2.05) is 52.4 Å². The lowest BCUT2D eigenvalue weighted by Gasteiger charge is -2.30. The Morgan fingerprint density at radius 3 is 2.68 bits per heavy atom. The smallest absolute Gasteiger partial charge is 0.271 e. The van der Waals surface area contributed by atoms with Crippen LogP contribution in [0, 0.1) is 0 Å². The average molecular weight is 461 g/mol. The highest BCUT2D eigenvalue weighted by Crippen LogP contribution is 2.41. The lowest BCUT2D eigenvalue weighted by molar-refractivity contribution is 0.585. The first kappa shape index (κ1) is 19.0. The summed E-state index contributed by atoms with van der Waals surface area (Å²) in [5.74, 6) is 0. The Bertz CT molecular complexity index is 1510. The van der Waals surface area contributed by atoms with Crippen LogP contribution in [0.1, 0.15) is 34.0 Å². The number of hydrogen-bond acceptors (Lipinski definition) is 4. The molecule has 2 aliphatic rings. The van der Waals surface area contributed by atoms with Crippen LogP contribution in [0.2, 0.25) is 5.02 Å². The van der Waals surface area contributed by atoms with Crippen molar-refractivity contribution < 1.29 is 0 Å². The Morgan fingerprint density at radius 2 is 1.87 bits per heavy atom. The van der Waals surface area contributed by atoms with Gasteiger partial charge in [-0.05, 0) is 59.2 Å². The van der Waals surface area contributed by atoms with Crippen LogP contribution in [0.25, 0.3) is 11.8 Å². The largest absolute Gasteiger partial charge is 0.272 e.